The van der Waals surface area contributed by atoms with E-state index in [0.717, 1.165) is 22.4 Å². The van der Waals surface area contributed by atoms with Gasteiger partial charge in [-0.1, -0.05) is 37.8 Å². The maximum absolute atomic E-state index is 12.3. The van der Waals surface area contributed by atoms with Gasteiger partial charge in [-0.15, -0.1) is 0 Å². The molecule has 22 heavy (non-hydrogen) atoms. The first-order valence-electron chi connectivity index (χ1n) is 7.32. The van der Waals surface area contributed by atoms with Crippen LogP contribution in [0.4, 0.5) is 0 Å². The van der Waals surface area contributed by atoms with Crippen molar-refractivity contribution in [1.82, 2.24) is 4.90 Å². The fourth-order valence-corrected chi connectivity index (χ4v) is 3.79. The van der Waals surface area contributed by atoms with Crippen LogP contribution < -0.4 is 4.74 Å². The quantitative estimate of drug-likeness (QED) is 0.604. The van der Waals surface area contributed by atoms with E-state index in [4.69, 9.17) is 17.0 Å². The third-order valence-corrected chi connectivity index (χ3v) is 5.09. The zero-order valence-corrected chi connectivity index (χ0v) is 15.2. The SMILES string of the molecule is CCN1C(=O)/C(=C/c2cc(C(C)C)c(OC)cc2C)SC1=S. The number of carbonyl (C=O) groups excluding carboxylic acids is 1. The topological polar surface area (TPSA) is 29.5 Å². The number of amides is 1. The predicted molar refractivity (Wildman–Crippen MR) is 97.4 cm³/mol. The van der Waals surface area contributed by atoms with Gasteiger partial charge in [0.1, 0.15) is 10.1 Å². The first-order valence-corrected chi connectivity index (χ1v) is 8.55. The van der Waals surface area contributed by atoms with E-state index in [0.29, 0.717) is 21.7 Å². The summed E-state index contributed by atoms with van der Waals surface area (Å²) < 4.78 is 6.10. The van der Waals surface area contributed by atoms with E-state index >= 15 is 0 Å². The molecule has 0 unspecified atom stereocenters. The van der Waals surface area contributed by atoms with Gasteiger partial charge >= 0.3 is 0 Å². The Hall–Kier alpha value is -1.33. The van der Waals surface area contributed by atoms with E-state index < -0.39 is 0 Å². The number of nitrogens with zero attached hydrogens (tertiary/aromatic N) is 1. The maximum Gasteiger partial charge on any atom is 0.266 e. The van der Waals surface area contributed by atoms with Crippen molar-refractivity contribution in [1.29, 1.82) is 0 Å². The summed E-state index contributed by atoms with van der Waals surface area (Å²) in [6.45, 7) is 8.84. The van der Waals surface area contributed by atoms with Crippen LogP contribution in [0.1, 0.15) is 43.4 Å². The van der Waals surface area contributed by atoms with Crippen molar-refractivity contribution < 1.29 is 9.53 Å². The third-order valence-electron chi connectivity index (χ3n) is 3.72. The summed E-state index contributed by atoms with van der Waals surface area (Å²) in [7, 11) is 1.69. The Kier molecular flexibility index (Phi) is 5.29. The fourth-order valence-electron chi connectivity index (χ4n) is 2.41. The Balaban J connectivity index is 2.46. The monoisotopic (exact) mass is 335 g/mol. The number of methoxy groups -OCH3 is 1. The molecule has 1 heterocycles. The second-order valence-corrected chi connectivity index (χ2v) is 7.21. The van der Waals surface area contributed by atoms with E-state index in [1.54, 1.807) is 12.0 Å². The second kappa shape index (κ2) is 6.84. The average Bonchev–Trinajstić information content (AvgIpc) is 2.74. The molecule has 118 valence electrons. The standard InChI is InChI=1S/C17H21NO2S2/c1-6-18-16(19)15(22-17(18)21)9-12-8-13(10(2)3)14(20-5)7-11(12)4/h7-10H,6H2,1-5H3/b15-9-. The molecule has 1 aliphatic rings. The van der Waals surface area contributed by atoms with Gasteiger partial charge in [0.2, 0.25) is 0 Å². The van der Waals surface area contributed by atoms with Gasteiger partial charge < -0.3 is 4.74 Å². The highest BCUT2D eigenvalue weighted by atomic mass is 32.2. The smallest absolute Gasteiger partial charge is 0.266 e. The normalized spacial score (nSPS) is 17.0. The van der Waals surface area contributed by atoms with Crippen LogP contribution >= 0.6 is 24.0 Å². The average molecular weight is 335 g/mol. The lowest BCUT2D eigenvalue weighted by Gasteiger charge is -2.15. The summed E-state index contributed by atoms with van der Waals surface area (Å²) in [6.07, 6.45) is 1.94. The van der Waals surface area contributed by atoms with Gasteiger partial charge in [-0.25, -0.2) is 0 Å². The molecule has 0 spiro atoms. The number of benzene rings is 1. The van der Waals surface area contributed by atoms with Crippen LogP contribution in [0.5, 0.6) is 5.75 Å². The van der Waals surface area contributed by atoms with Crippen LogP contribution in [0.2, 0.25) is 0 Å². The van der Waals surface area contributed by atoms with Crippen LogP contribution in [0.3, 0.4) is 0 Å². The number of hydrogen-bond donors (Lipinski definition) is 0. The second-order valence-electron chi connectivity index (χ2n) is 5.53. The lowest BCUT2D eigenvalue weighted by molar-refractivity contribution is -0.121. The van der Waals surface area contributed by atoms with Crippen LogP contribution in [-0.2, 0) is 4.79 Å². The van der Waals surface area contributed by atoms with Crippen molar-refractivity contribution in [3.8, 4) is 5.75 Å². The molecular formula is C17H21NO2S2. The molecule has 1 aliphatic heterocycles. The molecule has 0 radical (unpaired) electrons. The van der Waals surface area contributed by atoms with E-state index in [1.807, 2.05) is 26.0 Å². The van der Waals surface area contributed by atoms with Gasteiger partial charge in [-0.2, -0.15) is 0 Å². The summed E-state index contributed by atoms with van der Waals surface area (Å²) in [4.78, 5) is 14.7. The van der Waals surface area contributed by atoms with Crippen molar-refractivity contribution in [2.24, 2.45) is 0 Å². The van der Waals surface area contributed by atoms with Gasteiger partial charge in [-0.05, 0) is 54.7 Å². The third kappa shape index (κ3) is 3.20. The number of rotatable bonds is 4. The summed E-state index contributed by atoms with van der Waals surface area (Å²) in [5, 5.41) is 0. The van der Waals surface area contributed by atoms with Gasteiger partial charge in [0.05, 0.1) is 12.0 Å². The molecule has 0 bridgehead atoms. The number of thiocarbonyl (C=S) groups is 1. The number of hydrogen-bond acceptors (Lipinski definition) is 4. The number of thioether (sulfide) groups is 1. The summed E-state index contributed by atoms with van der Waals surface area (Å²) in [6, 6.07) is 4.14. The zero-order chi connectivity index (χ0) is 16.4. The van der Waals surface area contributed by atoms with E-state index in [-0.39, 0.29) is 5.91 Å². The molecule has 3 nitrogen and oxygen atoms in total. The molecule has 0 saturated carbocycles. The minimum atomic E-state index is -0.00110. The van der Waals surface area contributed by atoms with E-state index in [2.05, 4.69) is 19.9 Å². The van der Waals surface area contributed by atoms with Crippen molar-refractivity contribution in [2.45, 2.75) is 33.6 Å². The molecular weight excluding hydrogens is 314 g/mol. The molecule has 0 atom stereocenters. The highest BCUT2D eigenvalue weighted by Crippen LogP contribution is 2.35. The lowest BCUT2D eigenvalue weighted by Crippen LogP contribution is -2.27. The van der Waals surface area contributed by atoms with Crippen LogP contribution in [0.15, 0.2) is 17.0 Å². The molecule has 1 amide bonds. The summed E-state index contributed by atoms with van der Waals surface area (Å²) in [5.41, 5.74) is 3.27. The molecule has 1 aromatic rings. The van der Waals surface area contributed by atoms with Crippen LogP contribution in [-0.4, -0.2) is 28.8 Å². The van der Waals surface area contributed by atoms with E-state index in [1.165, 1.54) is 11.8 Å². The Morgan fingerprint density at radius 3 is 2.59 bits per heavy atom. The van der Waals surface area contributed by atoms with Gasteiger partial charge in [0, 0.05) is 6.54 Å². The summed E-state index contributed by atoms with van der Waals surface area (Å²) in [5.74, 6) is 1.25. The van der Waals surface area contributed by atoms with Crippen molar-refractivity contribution >= 4 is 40.3 Å². The van der Waals surface area contributed by atoms with Crippen LogP contribution in [0, 0.1) is 6.92 Å². The molecule has 1 aromatic carbocycles. The molecule has 1 saturated heterocycles. The molecule has 0 N–H and O–H groups in total. The summed E-state index contributed by atoms with van der Waals surface area (Å²) >= 11 is 6.63. The Labute approximate surface area is 141 Å². The molecule has 1 fully saturated rings. The number of carbonyl (C=O) groups is 1. The number of aryl methyl sites for hydroxylation is 1. The highest BCUT2D eigenvalue weighted by molar-refractivity contribution is 8.26. The van der Waals surface area contributed by atoms with Crippen molar-refractivity contribution in [3.05, 3.63) is 33.7 Å². The first kappa shape index (κ1) is 17.0. The fraction of sp³-hybridized carbons (Fsp3) is 0.412. The highest BCUT2D eigenvalue weighted by Gasteiger charge is 2.30. The largest absolute Gasteiger partial charge is 0.496 e. The first-order chi connectivity index (χ1) is 10.4. The molecule has 0 aromatic heterocycles. The van der Waals surface area contributed by atoms with Gasteiger partial charge in [-0.3, -0.25) is 9.69 Å². The van der Waals surface area contributed by atoms with Crippen molar-refractivity contribution in [3.63, 3.8) is 0 Å². The minimum Gasteiger partial charge on any atom is -0.496 e. The molecule has 2 rings (SSSR count). The lowest BCUT2D eigenvalue weighted by atomic mass is 9.96. The Morgan fingerprint density at radius 2 is 2.09 bits per heavy atom. The van der Waals surface area contributed by atoms with Gasteiger partial charge in [0.25, 0.3) is 5.91 Å². The van der Waals surface area contributed by atoms with Crippen molar-refractivity contribution in [2.75, 3.05) is 13.7 Å². The predicted octanol–water partition coefficient (Wildman–Crippen LogP) is 4.35. The molecule has 0 aliphatic carbocycles. The van der Waals surface area contributed by atoms with E-state index in [9.17, 15) is 4.79 Å². The Bertz CT molecular complexity index is 650. The molecule has 5 heteroatoms. The number of ether oxygens (including phenoxy) is 1. The van der Waals surface area contributed by atoms with Crippen LogP contribution in [0.25, 0.3) is 6.08 Å². The zero-order valence-electron chi connectivity index (χ0n) is 13.6. The number of likely N-dealkylation sites (N-methyl/N-ethyl adjacent to an activating group) is 1. The maximum atomic E-state index is 12.3. The Morgan fingerprint density at radius 1 is 1.41 bits per heavy atom. The minimum absolute atomic E-state index is 0.00110. The van der Waals surface area contributed by atoms with Gasteiger partial charge in [0.15, 0.2) is 0 Å².